The Morgan fingerprint density at radius 2 is 1.01 bits per heavy atom. The molecule has 2 aliphatic carbocycles. The minimum atomic E-state index is -4.43. The van der Waals surface area contributed by atoms with Crippen molar-refractivity contribution in [2.75, 3.05) is 28.4 Å². The van der Waals surface area contributed by atoms with Crippen molar-refractivity contribution in [2.45, 2.75) is 110 Å². The number of aromatic hydroxyl groups is 2. The van der Waals surface area contributed by atoms with Gasteiger partial charge in [-0.25, -0.2) is 26.8 Å². The van der Waals surface area contributed by atoms with Crippen LogP contribution < -0.4 is 30.1 Å². The van der Waals surface area contributed by atoms with Crippen molar-refractivity contribution in [3.8, 4) is 56.8 Å². The fraction of sp³-hybridized carbons (Fsp3) is 0.360. The molecule has 2 saturated carbocycles. The molecule has 4 heterocycles. The summed E-state index contributed by atoms with van der Waals surface area (Å²) in [4.78, 5) is 37.8. The molecule has 18 nitrogen and oxygen atoms in total. The third kappa shape index (κ3) is 12.2. The molecule has 2 aromatic carbocycles. The summed E-state index contributed by atoms with van der Waals surface area (Å²) in [6.45, 7) is 3.98. The lowest BCUT2D eigenvalue weighted by Crippen LogP contribution is -2.21. The van der Waals surface area contributed by atoms with Crippen LogP contribution in [0.1, 0.15) is 88.1 Å². The predicted octanol–water partition coefficient (Wildman–Crippen LogP) is 7.93. The molecule has 0 spiro atoms. The first kappa shape index (κ1) is 55.1. The number of aromatic nitrogens is 4. The zero-order chi connectivity index (χ0) is 52.5. The number of unbranched alkanes of at least 4 members (excludes halogenated alkanes) is 2. The van der Waals surface area contributed by atoms with Crippen LogP contribution in [0.3, 0.4) is 0 Å². The van der Waals surface area contributed by atoms with E-state index in [0.29, 0.717) is 75.2 Å². The smallest absolute Gasteiger partial charge is 0.454 e. The number of hydrogen-bond donors (Lipinski definition) is 6. The molecule has 8 rings (SSSR count). The highest BCUT2D eigenvalue weighted by Gasteiger charge is 2.35. The van der Waals surface area contributed by atoms with E-state index in [2.05, 4.69) is 35.9 Å². The summed E-state index contributed by atoms with van der Waals surface area (Å²) in [6.07, 6.45) is 10.8. The maximum absolute atomic E-state index is 13.5. The monoisotopic (exact) mass is 1090 g/mol. The van der Waals surface area contributed by atoms with Gasteiger partial charge in [0.25, 0.3) is 11.1 Å². The molecule has 0 bridgehead atoms. The third-order valence-electron chi connectivity index (χ3n) is 12.0. The van der Waals surface area contributed by atoms with Crippen molar-refractivity contribution < 1.29 is 56.0 Å². The average molecular weight is 1090 g/mol. The van der Waals surface area contributed by atoms with Gasteiger partial charge in [0.1, 0.15) is 34.5 Å². The van der Waals surface area contributed by atoms with E-state index in [1.165, 1.54) is 59.0 Å². The van der Waals surface area contributed by atoms with Crippen LogP contribution in [0.25, 0.3) is 22.3 Å². The van der Waals surface area contributed by atoms with E-state index in [9.17, 15) is 36.6 Å². The summed E-state index contributed by atoms with van der Waals surface area (Å²) < 4.78 is 76.0. The molecular formula is C50H58BBrN4O14S2. The molecule has 4 aromatic heterocycles. The zero-order valence-electron chi connectivity index (χ0n) is 40.7. The van der Waals surface area contributed by atoms with Crippen LogP contribution in [0, 0.1) is 0 Å². The number of ether oxygens (including phenoxy) is 4. The molecule has 6 aromatic rings. The molecular weight excluding hydrogens is 1040 g/mol. The van der Waals surface area contributed by atoms with Gasteiger partial charge in [-0.3, -0.25) is 9.59 Å². The highest BCUT2D eigenvalue weighted by molar-refractivity contribution is 9.10. The topological polar surface area (TPSA) is 278 Å². The summed E-state index contributed by atoms with van der Waals surface area (Å²) in [6, 6.07) is 16.0. The molecule has 384 valence electrons. The van der Waals surface area contributed by atoms with Crippen LogP contribution in [0.15, 0.2) is 107 Å². The van der Waals surface area contributed by atoms with Gasteiger partial charge in [-0.2, -0.15) is 0 Å². The van der Waals surface area contributed by atoms with Crippen LogP contribution in [-0.4, -0.2) is 92.6 Å². The lowest BCUT2D eigenvalue weighted by Gasteiger charge is -2.19. The number of nitrogens with zero attached hydrogens (tertiary/aromatic N) is 2. The largest absolute Gasteiger partial charge is 0.506 e. The molecule has 0 saturated heterocycles. The Hall–Kier alpha value is -6.20. The number of nitrogens with one attached hydrogen (secondary N) is 2. The minimum absolute atomic E-state index is 0.142. The van der Waals surface area contributed by atoms with Crippen molar-refractivity contribution in [1.82, 2.24) is 19.9 Å². The summed E-state index contributed by atoms with van der Waals surface area (Å²) in [5.41, 5.74) is 0.955. The SMILES string of the molecule is CCCCc1[nH]c(=O)c(S(=O)(=O)c2ccc(Br)cn2)c(O)c1-c1c(OC)cccc1OC.CCCCc1[nH]c(=O)c(S(=O)(=O)c2ccc(C3CC3)cn2)c(O)c1-c1c(OC)cccc1OC.OB(O)C1CC1. The number of aromatic amines is 2. The Morgan fingerprint density at radius 1 is 0.611 bits per heavy atom. The lowest BCUT2D eigenvalue weighted by molar-refractivity contribution is 0.395. The van der Waals surface area contributed by atoms with Gasteiger partial charge >= 0.3 is 7.12 Å². The number of pyridine rings is 4. The summed E-state index contributed by atoms with van der Waals surface area (Å²) in [5.74, 6) is 0.750. The van der Waals surface area contributed by atoms with Crippen LogP contribution in [0.2, 0.25) is 5.82 Å². The highest BCUT2D eigenvalue weighted by atomic mass is 79.9. The van der Waals surface area contributed by atoms with Gasteiger partial charge in [0.15, 0.2) is 19.8 Å². The van der Waals surface area contributed by atoms with Crippen LogP contribution >= 0.6 is 15.9 Å². The summed E-state index contributed by atoms with van der Waals surface area (Å²) in [5, 5.41) is 38.4. The number of H-pyrrole nitrogens is 2. The van der Waals surface area contributed by atoms with Gasteiger partial charge in [0, 0.05) is 28.3 Å². The number of sulfone groups is 2. The fourth-order valence-corrected chi connectivity index (χ4v) is 10.7. The minimum Gasteiger partial charge on any atom is -0.506 e. The normalized spacial score (nSPS) is 13.2. The first-order chi connectivity index (χ1) is 34.4. The molecule has 2 aliphatic rings. The van der Waals surface area contributed by atoms with Gasteiger partial charge in [-0.15, -0.1) is 0 Å². The number of aryl methyl sites for hydroxylation is 2. The van der Waals surface area contributed by atoms with Gasteiger partial charge in [0.2, 0.25) is 19.7 Å². The number of hydrogen-bond acceptors (Lipinski definition) is 16. The van der Waals surface area contributed by atoms with Crippen molar-refractivity contribution >= 4 is 42.7 Å². The van der Waals surface area contributed by atoms with Crippen molar-refractivity contribution in [1.29, 1.82) is 0 Å². The second-order valence-electron chi connectivity index (χ2n) is 17.0. The Labute approximate surface area is 426 Å². The molecule has 2 fully saturated rings. The second kappa shape index (κ2) is 24.0. The molecule has 6 N–H and O–H groups in total. The van der Waals surface area contributed by atoms with E-state index < -0.39 is 59.2 Å². The van der Waals surface area contributed by atoms with Crippen LogP contribution in [0.4, 0.5) is 0 Å². The summed E-state index contributed by atoms with van der Waals surface area (Å²) in [7, 11) is -4.04. The lowest BCUT2D eigenvalue weighted by atomic mass is 9.84. The van der Waals surface area contributed by atoms with E-state index in [-0.39, 0.29) is 27.0 Å². The molecule has 0 aliphatic heterocycles. The Bertz CT molecular complexity index is 3170. The van der Waals surface area contributed by atoms with Crippen molar-refractivity contribution in [2.24, 2.45) is 0 Å². The number of rotatable bonds is 18. The molecule has 22 heteroatoms. The molecule has 0 atom stereocenters. The zero-order valence-corrected chi connectivity index (χ0v) is 43.9. The van der Waals surface area contributed by atoms with Gasteiger partial charge in [-0.05, 0) is 114 Å². The van der Waals surface area contributed by atoms with Crippen LogP contribution in [-0.2, 0) is 32.5 Å². The quantitative estimate of drug-likeness (QED) is 0.0446. The van der Waals surface area contributed by atoms with Gasteiger partial charge in [0.05, 0.1) is 50.7 Å². The van der Waals surface area contributed by atoms with E-state index in [4.69, 9.17) is 29.0 Å². The van der Waals surface area contributed by atoms with Gasteiger partial charge in [-0.1, -0.05) is 57.7 Å². The molecule has 0 radical (unpaired) electrons. The summed E-state index contributed by atoms with van der Waals surface area (Å²) >= 11 is 3.20. The number of methoxy groups -OCH3 is 4. The molecule has 0 unspecified atom stereocenters. The van der Waals surface area contributed by atoms with E-state index in [1.54, 1.807) is 42.5 Å². The van der Waals surface area contributed by atoms with Crippen molar-refractivity contribution in [3.05, 3.63) is 115 Å². The third-order valence-corrected chi connectivity index (χ3v) is 15.9. The van der Waals surface area contributed by atoms with E-state index >= 15 is 0 Å². The highest BCUT2D eigenvalue weighted by Crippen LogP contribution is 2.48. The predicted molar refractivity (Wildman–Crippen MR) is 274 cm³/mol. The number of benzene rings is 2. The maximum atomic E-state index is 13.5. The van der Waals surface area contributed by atoms with E-state index in [1.807, 2.05) is 13.8 Å². The Balaban J connectivity index is 0.000000211. The van der Waals surface area contributed by atoms with Crippen molar-refractivity contribution in [3.63, 3.8) is 0 Å². The Kier molecular flexibility index (Phi) is 18.4. The first-order valence-corrected chi connectivity index (χ1v) is 27.0. The second-order valence-corrected chi connectivity index (χ2v) is 21.6. The molecule has 72 heavy (non-hydrogen) atoms. The standard InChI is InChI=1S/C25H28N2O6S.C22H23BrN2O6S.C3H7BO2/c1-4-5-7-17-21(22-18(32-2)8-6-9-19(22)33-3)23(28)24(25(29)27-17)34(30,31)20-13-12-16(14-26-20)15-10-11-15;1-4-5-7-14-18(19-15(30-2)8-6-9-16(19)31-3)20(26)21(22(27)25-14)32(28,29)17-11-10-13(23)12-24-17;5-4(6)3-1-2-3/h6,8-9,12-15H,4-5,7,10-11H2,1-3H3,(H2,27,28,29);6,8-12H,4-5,7H2,1-3H3,(H2,25,26,27);3,5-6H,1-2H2. The van der Waals surface area contributed by atoms with Gasteiger partial charge < -0.3 is 49.2 Å². The number of halogens is 1. The first-order valence-electron chi connectivity index (χ1n) is 23.2. The fourth-order valence-electron chi connectivity index (χ4n) is 7.89. The maximum Gasteiger partial charge on any atom is 0.454 e. The van der Waals surface area contributed by atoms with Crippen LogP contribution in [0.5, 0.6) is 34.5 Å². The average Bonchev–Trinajstić information content (AvgIpc) is 4.30. The Morgan fingerprint density at radius 3 is 1.31 bits per heavy atom. The molecule has 0 amide bonds. The van der Waals surface area contributed by atoms with E-state index in [0.717, 1.165) is 50.5 Å².